The Balaban J connectivity index is 1.60. The highest BCUT2D eigenvalue weighted by molar-refractivity contribution is 5.90. The summed E-state index contributed by atoms with van der Waals surface area (Å²) in [6, 6.07) is 1.15. The van der Waals surface area contributed by atoms with E-state index in [1.807, 2.05) is 4.98 Å². The first kappa shape index (κ1) is 20.8. The molecule has 32 heavy (non-hydrogen) atoms. The van der Waals surface area contributed by atoms with E-state index in [0.717, 1.165) is 29.6 Å². The number of nitrogens with one attached hydrogen (secondary N) is 3. The molecule has 4 rings (SSSR count). The van der Waals surface area contributed by atoms with E-state index in [2.05, 4.69) is 25.1 Å². The van der Waals surface area contributed by atoms with E-state index in [1.54, 1.807) is 0 Å². The maximum atomic E-state index is 14.6. The number of carbonyl (C=O) groups excluding carboxylic acids is 1. The molecular formula is C17H14F2N8O5. The zero-order chi connectivity index (χ0) is 23.0. The van der Waals surface area contributed by atoms with E-state index in [1.165, 1.54) is 0 Å². The molecule has 1 fully saturated rings. The van der Waals surface area contributed by atoms with Gasteiger partial charge in [-0.05, 0) is 6.07 Å². The van der Waals surface area contributed by atoms with Crippen LogP contribution in [-0.2, 0) is 0 Å². The zero-order valence-electron chi connectivity index (χ0n) is 16.0. The van der Waals surface area contributed by atoms with Crippen LogP contribution in [0, 0.1) is 0 Å². The number of nitrogens with zero attached hydrogens (tertiary/aromatic N) is 4. The van der Waals surface area contributed by atoms with Gasteiger partial charge in [-0.1, -0.05) is 0 Å². The number of ether oxygens (including phenoxy) is 1. The smallest absolute Gasteiger partial charge is 0.325 e. The predicted octanol–water partition coefficient (Wildman–Crippen LogP) is -1.39. The summed E-state index contributed by atoms with van der Waals surface area (Å²) in [5, 5.41) is 5.89. The van der Waals surface area contributed by atoms with Crippen LogP contribution in [0.5, 0.6) is 5.88 Å². The molecule has 0 saturated carbocycles. The molecule has 166 valence electrons. The van der Waals surface area contributed by atoms with Crippen molar-refractivity contribution in [2.24, 2.45) is 5.73 Å². The van der Waals surface area contributed by atoms with Crippen molar-refractivity contribution in [3.05, 3.63) is 61.5 Å². The third-order valence-corrected chi connectivity index (χ3v) is 4.62. The lowest BCUT2D eigenvalue weighted by atomic mass is 10.2. The Labute approximate surface area is 175 Å². The second-order valence-electron chi connectivity index (χ2n) is 6.81. The molecular weight excluding hydrogens is 434 g/mol. The highest BCUT2D eigenvalue weighted by atomic mass is 19.3. The third kappa shape index (κ3) is 3.94. The van der Waals surface area contributed by atoms with Crippen molar-refractivity contribution in [3.63, 3.8) is 0 Å². The van der Waals surface area contributed by atoms with E-state index in [9.17, 15) is 28.0 Å². The van der Waals surface area contributed by atoms with Gasteiger partial charge in [-0.2, -0.15) is 5.10 Å². The summed E-state index contributed by atoms with van der Waals surface area (Å²) in [4.78, 5) is 59.2. The van der Waals surface area contributed by atoms with Crippen LogP contribution in [0.2, 0.25) is 0 Å². The molecule has 15 heteroatoms. The molecule has 3 aromatic heterocycles. The summed E-state index contributed by atoms with van der Waals surface area (Å²) in [5.74, 6) is -4.48. The number of rotatable bonds is 5. The van der Waals surface area contributed by atoms with Crippen molar-refractivity contribution in [2.45, 2.75) is 12.0 Å². The van der Waals surface area contributed by atoms with Gasteiger partial charge in [0.2, 0.25) is 5.88 Å². The predicted molar refractivity (Wildman–Crippen MR) is 104 cm³/mol. The quantitative estimate of drug-likeness (QED) is 0.363. The highest BCUT2D eigenvalue weighted by Gasteiger charge is 2.51. The fraction of sp³-hybridized carbons (Fsp3) is 0.235. The summed E-state index contributed by atoms with van der Waals surface area (Å²) < 4.78 is 34.4. The lowest BCUT2D eigenvalue weighted by Gasteiger charge is -2.18. The molecule has 0 spiro atoms. The minimum Gasteiger partial charge on any atom is -0.465 e. The molecule has 1 unspecified atom stereocenters. The Hall–Kier alpha value is -4.43. The molecule has 1 saturated heterocycles. The van der Waals surface area contributed by atoms with Crippen molar-refractivity contribution < 1.29 is 18.3 Å². The molecule has 3 aromatic rings. The van der Waals surface area contributed by atoms with Crippen molar-refractivity contribution in [1.29, 1.82) is 0 Å². The van der Waals surface area contributed by atoms with Gasteiger partial charge in [0.25, 0.3) is 17.0 Å². The number of hydrogen-bond acceptors (Lipinski definition) is 9. The van der Waals surface area contributed by atoms with Crippen LogP contribution < -0.4 is 32.2 Å². The standard InChI is InChI=1S/C17H14F2N8O5/c18-17(19)6-27(5-11(17)32-12-4-21-9(3-22-12)13(20)28)10-1-8(25-26-15(10)30)7-2-23-16(31)24-14(7)29/h1-4,11H,5-6H2,(H2,20,28)(H,26,30)(H2,23,24,29,31). The maximum Gasteiger partial charge on any atom is 0.325 e. The molecule has 4 heterocycles. The topological polar surface area (TPSA) is 193 Å². The van der Waals surface area contributed by atoms with Gasteiger partial charge >= 0.3 is 11.6 Å². The average Bonchev–Trinajstić information content (AvgIpc) is 3.03. The van der Waals surface area contributed by atoms with E-state index >= 15 is 0 Å². The molecule has 0 aromatic carbocycles. The number of nitrogens with two attached hydrogens (primary N) is 1. The Morgan fingerprint density at radius 2 is 2.00 bits per heavy atom. The number of primary amides is 1. The summed E-state index contributed by atoms with van der Waals surface area (Å²) in [5.41, 5.74) is 2.31. The van der Waals surface area contributed by atoms with Gasteiger partial charge in [0, 0.05) is 6.20 Å². The number of aromatic nitrogens is 6. The summed E-state index contributed by atoms with van der Waals surface area (Å²) >= 11 is 0. The second kappa shape index (κ2) is 7.68. The average molecular weight is 448 g/mol. The molecule has 5 N–H and O–H groups in total. The number of aromatic amines is 3. The van der Waals surface area contributed by atoms with E-state index < -0.39 is 47.8 Å². The lowest BCUT2D eigenvalue weighted by molar-refractivity contribution is -0.0610. The Morgan fingerprint density at radius 3 is 2.66 bits per heavy atom. The summed E-state index contributed by atoms with van der Waals surface area (Å²) in [6.45, 7) is -1.26. The molecule has 1 aliphatic heterocycles. The number of alkyl halides is 2. The Bertz CT molecular complexity index is 1350. The van der Waals surface area contributed by atoms with E-state index in [-0.39, 0.29) is 28.5 Å². The largest absolute Gasteiger partial charge is 0.465 e. The number of H-pyrrole nitrogens is 3. The molecule has 1 aliphatic rings. The van der Waals surface area contributed by atoms with Crippen LogP contribution in [0.15, 0.2) is 39.0 Å². The maximum absolute atomic E-state index is 14.6. The first-order valence-corrected chi connectivity index (χ1v) is 8.97. The van der Waals surface area contributed by atoms with Crippen molar-refractivity contribution in [1.82, 2.24) is 30.1 Å². The fourth-order valence-corrected chi connectivity index (χ4v) is 3.08. The van der Waals surface area contributed by atoms with Gasteiger partial charge in [0.15, 0.2) is 6.10 Å². The molecule has 13 nitrogen and oxygen atoms in total. The van der Waals surface area contributed by atoms with Gasteiger partial charge in [0.05, 0.1) is 36.7 Å². The molecule has 0 bridgehead atoms. The van der Waals surface area contributed by atoms with Crippen molar-refractivity contribution in [3.8, 4) is 17.1 Å². The third-order valence-electron chi connectivity index (χ3n) is 4.62. The van der Waals surface area contributed by atoms with Gasteiger partial charge in [0.1, 0.15) is 11.4 Å². The second-order valence-corrected chi connectivity index (χ2v) is 6.81. The van der Waals surface area contributed by atoms with E-state index in [0.29, 0.717) is 0 Å². The summed E-state index contributed by atoms with van der Waals surface area (Å²) in [6.07, 6.45) is 1.37. The lowest BCUT2D eigenvalue weighted by Crippen LogP contribution is -2.36. The van der Waals surface area contributed by atoms with Crippen LogP contribution >= 0.6 is 0 Å². The Morgan fingerprint density at radius 1 is 1.22 bits per heavy atom. The molecule has 0 radical (unpaired) electrons. The minimum atomic E-state index is -3.38. The van der Waals surface area contributed by atoms with Crippen LogP contribution in [-0.4, -0.2) is 61.2 Å². The number of hydrogen-bond donors (Lipinski definition) is 4. The van der Waals surface area contributed by atoms with Gasteiger partial charge in [-0.15, -0.1) is 0 Å². The SMILES string of the molecule is NC(=O)c1cnc(OC2CN(c3cc(-c4c[nH]c(=O)[nH]c4=O)n[nH]c3=O)CC2(F)F)cn1. The molecule has 1 amide bonds. The first-order chi connectivity index (χ1) is 15.1. The van der Waals surface area contributed by atoms with E-state index in [4.69, 9.17) is 10.5 Å². The number of anilines is 1. The normalized spacial score (nSPS) is 17.3. The highest BCUT2D eigenvalue weighted by Crippen LogP contribution is 2.33. The monoisotopic (exact) mass is 448 g/mol. The first-order valence-electron chi connectivity index (χ1n) is 8.97. The van der Waals surface area contributed by atoms with Crippen molar-refractivity contribution >= 4 is 11.6 Å². The number of amides is 1. The Kier molecular flexibility index (Phi) is 5.00. The van der Waals surface area contributed by atoms with Gasteiger partial charge < -0.3 is 20.4 Å². The fourth-order valence-electron chi connectivity index (χ4n) is 3.08. The molecule has 0 aliphatic carbocycles. The number of carbonyl (C=O) groups is 1. The van der Waals surface area contributed by atoms with Crippen LogP contribution in [0.3, 0.4) is 0 Å². The van der Waals surface area contributed by atoms with Gasteiger partial charge in [-0.25, -0.2) is 28.6 Å². The van der Waals surface area contributed by atoms with Gasteiger partial charge in [-0.3, -0.25) is 19.4 Å². The summed E-state index contributed by atoms with van der Waals surface area (Å²) in [7, 11) is 0. The number of halogens is 2. The zero-order valence-corrected chi connectivity index (χ0v) is 16.0. The van der Waals surface area contributed by atoms with Crippen molar-refractivity contribution in [2.75, 3.05) is 18.0 Å². The minimum absolute atomic E-state index is 0.0438. The van der Waals surface area contributed by atoms with Crippen LogP contribution in [0.4, 0.5) is 14.5 Å². The van der Waals surface area contributed by atoms with Crippen LogP contribution in [0.25, 0.3) is 11.3 Å². The van der Waals surface area contributed by atoms with Crippen LogP contribution in [0.1, 0.15) is 10.5 Å². The molecule has 1 atom stereocenters.